The number of hydrogen-bond donors (Lipinski definition) is 1. The standard InChI is InChI=1S/C14H23NO2S/c1-4-10-15-14(12(2)3)11-18(16,17)13-8-6-5-7-9-13/h5-9,12,14-15H,4,10-11H2,1-3H3. The van der Waals surface area contributed by atoms with Crippen LogP contribution in [-0.2, 0) is 9.84 Å². The molecule has 1 aromatic carbocycles. The Balaban J connectivity index is 2.80. The van der Waals surface area contributed by atoms with Crippen LogP contribution in [0.15, 0.2) is 35.2 Å². The number of benzene rings is 1. The Kier molecular flexibility index (Phi) is 5.82. The van der Waals surface area contributed by atoms with Gasteiger partial charge < -0.3 is 5.32 Å². The van der Waals surface area contributed by atoms with Crippen LogP contribution in [0.5, 0.6) is 0 Å². The van der Waals surface area contributed by atoms with E-state index in [1.54, 1.807) is 24.3 Å². The highest BCUT2D eigenvalue weighted by Gasteiger charge is 2.22. The van der Waals surface area contributed by atoms with Gasteiger partial charge in [-0.15, -0.1) is 0 Å². The number of nitrogens with one attached hydrogen (secondary N) is 1. The van der Waals surface area contributed by atoms with E-state index >= 15 is 0 Å². The fourth-order valence-corrected chi connectivity index (χ4v) is 3.52. The van der Waals surface area contributed by atoms with E-state index in [4.69, 9.17) is 0 Å². The van der Waals surface area contributed by atoms with Crippen molar-refractivity contribution in [3.63, 3.8) is 0 Å². The SMILES string of the molecule is CCCNC(CS(=O)(=O)c1ccccc1)C(C)C. The molecule has 0 amide bonds. The van der Waals surface area contributed by atoms with Crippen molar-refractivity contribution >= 4 is 9.84 Å². The van der Waals surface area contributed by atoms with Gasteiger partial charge in [0.05, 0.1) is 10.6 Å². The lowest BCUT2D eigenvalue weighted by molar-refractivity contribution is 0.426. The van der Waals surface area contributed by atoms with Crippen molar-refractivity contribution in [3.8, 4) is 0 Å². The fraction of sp³-hybridized carbons (Fsp3) is 0.571. The third kappa shape index (κ3) is 4.42. The zero-order chi connectivity index (χ0) is 13.6. The highest BCUT2D eigenvalue weighted by molar-refractivity contribution is 7.91. The fourth-order valence-electron chi connectivity index (χ4n) is 1.78. The molecule has 102 valence electrons. The monoisotopic (exact) mass is 269 g/mol. The molecule has 0 fully saturated rings. The van der Waals surface area contributed by atoms with Gasteiger partial charge in [-0.25, -0.2) is 8.42 Å². The molecule has 0 aliphatic rings. The highest BCUT2D eigenvalue weighted by Crippen LogP contribution is 2.14. The molecule has 1 unspecified atom stereocenters. The molecule has 0 heterocycles. The Morgan fingerprint density at radius 3 is 2.28 bits per heavy atom. The normalized spacial score (nSPS) is 13.8. The lowest BCUT2D eigenvalue weighted by Crippen LogP contribution is -2.40. The van der Waals surface area contributed by atoms with E-state index in [0.29, 0.717) is 10.8 Å². The first kappa shape index (κ1) is 15.2. The van der Waals surface area contributed by atoms with Crippen molar-refractivity contribution < 1.29 is 8.42 Å². The van der Waals surface area contributed by atoms with Crippen LogP contribution in [0.2, 0.25) is 0 Å². The minimum absolute atomic E-state index is 0.00940. The highest BCUT2D eigenvalue weighted by atomic mass is 32.2. The second-order valence-electron chi connectivity index (χ2n) is 4.90. The van der Waals surface area contributed by atoms with Gasteiger partial charge in [-0.05, 0) is 31.0 Å². The van der Waals surface area contributed by atoms with Crippen LogP contribution in [-0.4, -0.2) is 26.8 Å². The molecule has 0 saturated carbocycles. The molecule has 1 aromatic rings. The quantitative estimate of drug-likeness (QED) is 0.827. The molecule has 0 spiro atoms. The van der Waals surface area contributed by atoms with Crippen LogP contribution >= 0.6 is 0 Å². The lowest BCUT2D eigenvalue weighted by Gasteiger charge is -2.22. The van der Waals surface area contributed by atoms with Crippen molar-refractivity contribution in [2.24, 2.45) is 5.92 Å². The molecule has 0 radical (unpaired) electrons. The predicted molar refractivity (Wildman–Crippen MR) is 75.4 cm³/mol. The second kappa shape index (κ2) is 6.90. The van der Waals surface area contributed by atoms with E-state index in [1.165, 1.54) is 0 Å². The average Bonchev–Trinajstić information content (AvgIpc) is 2.35. The first-order chi connectivity index (χ1) is 8.47. The summed E-state index contributed by atoms with van der Waals surface area (Å²) >= 11 is 0. The van der Waals surface area contributed by atoms with Crippen molar-refractivity contribution in [1.82, 2.24) is 5.32 Å². The summed E-state index contributed by atoms with van der Waals surface area (Å²) in [5.41, 5.74) is 0. The molecule has 0 aliphatic carbocycles. The zero-order valence-electron chi connectivity index (χ0n) is 11.4. The Bertz CT molecular complexity index is 440. The van der Waals surface area contributed by atoms with Crippen molar-refractivity contribution in [1.29, 1.82) is 0 Å². The van der Waals surface area contributed by atoms with Crippen LogP contribution < -0.4 is 5.32 Å². The van der Waals surface area contributed by atoms with Crippen LogP contribution in [0.25, 0.3) is 0 Å². The molecule has 0 bridgehead atoms. The third-order valence-corrected chi connectivity index (χ3v) is 4.75. The molecule has 4 heteroatoms. The molecule has 1 N–H and O–H groups in total. The maximum Gasteiger partial charge on any atom is 0.179 e. The van der Waals surface area contributed by atoms with E-state index in [-0.39, 0.29) is 11.8 Å². The molecule has 0 aromatic heterocycles. The van der Waals surface area contributed by atoms with Crippen LogP contribution in [0.1, 0.15) is 27.2 Å². The van der Waals surface area contributed by atoms with Gasteiger partial charge in [0.1, 0.15) is 0 Å². The summed E-state index contributed by atoms with van der Waals surface area (Å²) in [5.74, 6) is 0.462. The molecule has 18 heavy (non-hydrogen) atoms. The van der Waals surface area contributed by atoms with Crippen LogP contribution in [0, 0.1) is 5.92 Å². The van der Waals surface area contributed by atoms with E-state index in [1.807, 2.05) is 19.9 Å². The van der Waals surface area contributed by atoms with E-state index in [0.717, 1.165) is 13.0 Å². The topological polar surface area (TPSA) is 46.2 Å². The maximum atomic E-state index is 12.3. The lowest BCUT2D eigenvalue weighted by atomic mass is 10.1. The summed E-state index contributed by atoms with van der Waals surface area (Å²) in [6.07, 6.45) is 1.01. The van der Waals surface area contributed by atoms with Gasteiger partial charge in [-0.2, -0.15) is 0 Å². The average molecular weight is 269 g/mol. The van der Waals surface area contributed by atoms with Crippen LogP contribution in [0.3, 0.4) is 0 Å². The van der Waals surface area contributed by atoms with E-state index < -0.39 is 9.84 Å². The van der Waals surface area contributed by atoms with Gasteiger partial charge >= 0.3 is 0 Å². The molecule has 1 atom stereocenters. The summed E-state index contributed by atoms with van der Waals surface area (Å²) in [4.78, 5) is 0.411. The molecular formula is C14H23NO2S. The van der Waals surface area contributed by atoms with Crippen molar-refractivity contribution in [2.45, 2.75) is 38.1 Å². The van der Waals surface area contributed by atoms with Gasteiger partial charge in [0.25, 0.3) is 0 Å². The Hall–Kier alpha value is -0.870. The molecule has 0 saturated heterocycles. The molecule has 1 rings (SSSR count). The Morgan fingerprint density at radius 1 is 1.17 bits per heavy atom. The largest absolute Gasteiger partial charge is 0.313 e. The molecule has 3 nitrogen and oxygen atoms in total. The van der Waals surface area contributed by atoms with Gasteiger partial charge in [0, 0.05) is 6.04 Å². The van der Waals surface area contributed by atoms with Gasteiger partial charge in [0.2, 0.25) is 0 Å². The number of hydrogen-bond acceptors (Lipinski definition) is 3. The van der Waals surface area contributed by atoms with E-state index in [2.05, 4.69) is 12.2 Å². The third-order valence-electron chi connectivity index (χ3n) is 2.96. The summed E-state index contributed by atoms with van der Waals surface area (Å²) < 4.78 is 24.5. The summed E-state index contributed by atoms with van der Waals surface area (Å²) in [7, 11) is -3.20. The smallest absolute Gasteiger partial charge is 0.179 e. The second-order valence-corrected chi connectivity index (χ2v) is 6.93. The van der Waals surface area contributed by atoms with Crippen molar-refractivity contribution in [3.05, 3.63) is 30.3 Å². The van der Waals surface area contributed by atoms with Crippen LogP contribution in [0.4, 0.5) is 0 Å². The summed E-state index contributed by atoms with van der Waals surface area (Å²) in [6.45, 7) is 7.03. The zero-order valence-corrected chi connectivity index (χ0v) is 12.2. The minimum atomic E-state index is -3.20. The number of rotatable bonds is 7. The van der Waals surface area contributed by atoms with E-state index in [9.17, 15) is 8.42 Å². The predicted octanol–water partition coefficient (Wildman–Crippen LogP) is 2.48. The minimum Gasteiger partial charge on any atom is -0.313 e. The Morgan fingerprint density at radius 2 is 1.78 bits per heavy atom. The summed E-state index contributed by atoms with van der Waals surface area (Å²) in [5, 5.41) is 3.32. The van der Waals surface area contributed by atoms with Gasteiger partial charge in [-0.1, -0.05) is 39.0 Å². The van der Waals surface area contributed by atoms with Gasteiger partial charge in [0.15, 0.2) is 9.84 Å². The molecular weight excluding hydrogens is 246 g/mol. The summed E-state index contributed by atoms with van der Waals surface area (Å²) in [6, 6.07) is 8.68. The number of sulfone groups is 1. The van der Waals surface area contributed by atoms with Gasteiger partial charge in [-0.3, -0.25) is 0 Å². The first-order valence-corrected chi connectivity index (χ1v) is 8.13. The maximum absolute atomic E-state index is 12.3. The first-order valence-electron chi connectivity index (χ1n) is 6.48. The Labute approximate surface area is 111 Å². The van der Waals surface area contributed by atoms with Crippen molar-refractivity contribution in [2.75, 3.05) is 12.3 Å². The molecule has 0 aliphatic heterocycles.